The first-order valence-electron chi connectivity index (χ1n) is 13.3. The number of aliphatic hydroxyl groups excluding tert-OH is 1. The lowest BCUT2D eigenvalue weighted by Crippen LogP contribution is -2.38. The highest BCUT2D eigenvalue weighted by Gasteiger charge is 2.46. The molecule has 1 aliphatic rings. The molecule has 0 radical (unpaired) electrons. The molecule has 8 heteroatoms. The van der Waals surface area contributed by atoms with Gasteiger partial charge in [0.2, 0.25) is 0 Å². The quantitative estimate of drug-likeness (QED) is 0.169. The summed E-state index contributed by atoms with van der Waals surface area (Å²) in [5.41, 5.74) is 1.18. The Morgan fingerprint density at radius 2 is 1.73 bits per heavy atom. The highest BCUT2D eigenvalue weighted by Crippen LogP contribution is 2.42. The minimum absolute atomic E-state index is 0.0646. The van der Waals surface area contributed by atoms with Crippen LogP contribution in [0.5, 0.6) is 11.5 Å². The second kappa shape index (κ2) is 13.8. The molecule has 1 unspecified atom stereocenters. The Labute approximate surface area is 219 Å². The predicted molar refractivity (Wildman–Crippen MR) is 144 cm³/mol. The van der Waals surface area contributed by atoms with Gasteiger partial charge in [0.15, 0.2) is 11.5 Å². The molecule has 2 aromatic rings. The maximum absolute atomic E-state index is 13.3. The average molecular weight is 510 g/mol. The Hall–Kier alpha value is -3.39. The van der Waals surface area contributed by atoms with Gasteiger partial charge in [-0.2, -0.15) is 0 Å². The SMILES string of the molecule is CCCCCOc1ccc(C2/C(=C(\O)c3ccncc3)C(=O)C(=O)N2CCN(CC)CC)cc1OCC. The molecule has 1 N–H and O–H groups in total. The molecule has 8 nitrogen and oxygen atoms in total. The van der Waals surface area contributed by atoms with Crippen LogP contribution in [0.2, 0.25) is 0 Å². The number of ketones is 1. The highest BCUT2D eigenvalue weighted by atomic mass is 16.5. The van der Waals surface area contributed by atoms with Gasteiger partial charge in [-0.1, -0.05) is 39.7 Å². The van der Waals surface area contributed by atoms with E-state index in [1.807, 2.05) is 25.1 Å². The van der Waals surface area contributed by atoms with Crippen molar-refractivity contribution < 1.29 is 24.2 Å². The Bertz CT molecular complexity index is 1080. The number of carbonyl (C=O) groups excluding carboxylic acids is 2. The number of carbonyl (C=O) groups is 2. The molecule has 0 aliphatic carbocycles. The molecule has 1 aliphatic heterocycles. The van der Waals surface area contributed by atoms with Gasteiger partial charge in [-0.05, 0) is 56.3 Å². The second-order valence-corrected chi connectivity index (χ2v) is 8.95. The van der Waals surface area contributed by atoms with Crippen molar-refractivity contribution in [3.8, 4) is 11.5 Å². The summed E-state index contributed by atoms with van der Waals surface area (Å²) in [6, 6.07) is 7.97. The molecule has 1 amide bonds. The zero-order chi connectivity index (χ0) is 26.8. The van der Waals surface area contributed by atoms with E-state index in [1.54, 1.807) is 29.4 Å². The summed E-state index contributed by atoms with van der Waals surface area (Å²) in [4.78, 5) is 34.3. The van der Waals surface area contributed by atoms with E-state index in [9.17, 15) is 14.7 Å². The number of likely N-dealkylation sites (tertiary alicyclic amines) is 1. The monoisotopic (exact) mass is 509 g/mol. The van der Waals surface area contributed by atoms with Crippen molar-refractivity contribution in [1.29, 1.82) is 0 Å². The smallest absolute Gasteiger partial charge is 0.295 e. The van der Waals surface area contributed by atoms with Crippen LogP contribution in [0, 0.1) is 0 Å². The van der Waals surface area contributed by atoms with Crippen molar-refractivity contribution in [2.24, 2.45) is 0 Å². The van der Waals surface area contributed by atoms with Gasteiger partial charge < -0.3 is 24.4 Å². The Morgan fingerprint density at radius 1 is 1.00 bits per heavy atom. The van der Waals surface area contributed by atoms with Crippen molar-refractivity contribution in [1.82, 2.24) is 14.8 Å². The lowest BCUT2D eigenvalue weighted by atomic mass is 9.95. The van der Waals surface area contributed by atoms with Crippen molar-refractivity contribution in [3.63, 3.8) is 0 Å². The number of nitrogens with zero attached hydrogens (tertiary/aromatic N) is 3. The maximum Gasteiger partial charge on any atom is 0.295 e. The van der Waals surface area contributed by atoms with Gasteiger partial charge in [-0.3, -0.25) is 14.6 Å². The van der Waals surface area contributed by atoms with Gasteiger partial charge in [-0.25, -0.2) is 0 Å². The molecule has 1 aromatic carbocycles. The minimum Gasteiger partial charge on any atom is -0.507 e. The molecule has 1 fully saturated rings. The number of aliphatic hydroxyl groups is 1. The molecule has 1 aromatic heterocycles. The Kier molecular flexibility index (Phi) is 10.5. The first-order valence-corrected chi connectivity index (χ1v) is 13.3. The van der Waals surface area contributed by atoms with E-state index in [4.69, 9.17) is 9.47 Å². The normalized spacial score (nSPS) is 17.0. The molecular formula is C29H39N3O5. The summed E-state index contributed by atoms with van der Waals surface area (Å²) in [7, 11) is 0. The van der Waals surface area contributed by atoms with E-state index in [-0.39, 0.29) is 11.3 Å². The third-order valence-corrected chi connectivity index (χ3v) is 6.63. The van der Waals surface area contributed by atoms with Gasteiger partial charge in [0.05, 0.1) is 24.8 Å². The number of unbranched alkanes of at least 4 members (excludes halogenated alkanes) is 2. The van der Waals surface area contributed by atoms with Gasteiger partial charge in [0.1, 0.15) is 5.76 Å². The van der Waals surface area contributed by atoms with Gasteiger partial charge in [0, 0.05) is 31.0 Å². The fourth-order valence-corrected chi connectivity index (χ4v) is 4.53. The lowest BCUT2D eigenvalue weighted by Gasteiger charge is -2.28. The predicted octanol–water partition coefficient (Wildman–Crippen LogP) is 4.81. The van der Waals surface area contributed by atoms with Crippen LogP contribution in [-0.2, 0) is 9.59 Å². The summed E-state index contributed by atoms with van der Waals surface area (Å²) in [5.74, 6) is -0.359. The van der Waals surface area contributed by atoms with E-state index in [0.29, 0.717) is 48.9 Å². The summed E-state index contributed by atoms with van der Waals surface area (Å²) >= 11 is 0. The molecule has 3 rings (SSSR count). The van der Waals surface area contributed by atoms with Crippen LogP contribution in [0.3, 0.4) is 0 Å². The number of hydrogen-bond donors (Lipinski definition) is 1. The number of pyridine rings is 1. The molecule has 1 saturated heterocycles. The fraction of sp³-hybridized carbons (Fsp3) is 0.483. The first kappa shape index (κ1) is 28.2. The summed E-state index contributed by atoms with van der Waals surface area (Å²) < 4.78 is 11.9. The van der Waals surface area contributed by atoms with E-state index in [0.717, 1.165) is 32.4 Å². The number of hydrogen-bond acceptors (Lipinski definition) is 7. The Morgan fingerprint density at radius 3 is 2.38 bits per heavy atom. The van der Waals surface area contributed by atoms with Crippen molar-refractivity contribution >= 4 is 17.4 Å². The van der Waals surface area contributed by atoms with Crippen molar-refractivity contribution in [2.45, 2.75) is 53.0 Å². The largest absolute Gasteiger partial charge is 0.507 e. The molecule has 0 spiro atoms. The maximum atomic E-state index is 13.3. The van der Waals surface area contributed by atoms with E-state index >= 15 is 0 Å². The summed E-state index contributed by atoms with van der Waals surface area (Å²) in [6.07, 6.45) is 6.21. The van der Waals surface area contributed by atoms with Crippen LogP contribution in [-0.4, -0.2) is 71.0 Å². The Balaban J connectivity index is 2.06. The number of aromatic nitrogens is 1. The topological polar surface area (TPSA) is 92.2 Å². The molecule has 200 valence electrons. The van der Waals surface area contributed by atoms with Gasteiger partial charge in [0.25, 0.3) is 11.7 Å². The first-order chi connectivity index (χ1) is 18.0. The van der Waals surface area contributed by atoms with Gasteiger partial charge >= 0.3 is 0 Å². The van der Waals surface area contributed by atoms with Crippen LogP contribution >= 0.6 is 0 Å². The third kappa shape index (κ3) is 6.68. The average Bonchev–Trinajstić information content (AvgIpc) is 3.17. The van der Waals surface area contributed by atoms with Crippen LogP contribution in [0.15, 0.2) is 48.3 Å². The second-order valence-electron chi connectivity index (χ2n) is 8.95. The third-order valence-electron chi connectivity index (χ3n) is 6.63. The lowest BCUT2D eigenvalue weighted by molar-refractivity contribution is -0.140. The van der Waals surface area contributed by atoms with E-state index in [2.05, 4.69) is 30.7 Å². The number of ether oxygens (including phenoxy) is 2. The molecule has 2 heterocycles. The number of rotatable bonds is 14. The van der Waals surface area contributed by atoms with Crippen LogP contribution in [0.25, 0.3) is 5.76 Å². The summed E-state index contributed by atoms with van der Waals surface area (Å²) in [6.45, 7) is 11.8. The zero-order valence-corrected chi connectivity index (χ0v) is 22.4. The minimum atomic E-state index is -0.753. The van der Waals surface area contributed by atoms with Crippen LogP contribution in [0.1, 0.15) is 64.1 Å². The number of amides is 1. The summed E-state index contributed by atoms with van der Waals surface area (Å²) in [5, 5.41) is 11.2. The van der Waals surface area contributed by atoms with E-state index < -0.39 is 17.7 Å². The standard InChI is InChI=1S/C29H39N3O5/c1-5-9-10-19-37-23-12-11-22(20-24(23)36-8-4)26-25(27(33)21-13-15-30-16-14-21)28(34)29(35)32(26)18-17-31(6-2)7-3/h11-16,20,26,33H,5-10,17-19H2,1-4H3/b27-25+. The number of Topliss-reactive ketones (excluding diaryl/α,β-unsaturated/α-hetero) is 1. The highest BCUT2D eigenvalue weighted by molar-refractivity contribution is 6.46. The molecular weight excluding hydrogens is 470 g/mol. The van der Waals surface area contributed by atoms with Crippen molar-refractivity contribution in [3.05, 3.63) is 59.4 Å². The number of likely N-dealkylation sites (N-methyl/N-ethyl adjacent to an activating group) is 1. The molecule has 37 heavy (non-hydrogen) atoms. The van der Waals surface area contributed by atoms with Gasteiger partial charge in [-0.15, -0.1) is 0 Å². The molecule has 1 atom stereocenters. The van der Waals surface area contributed by atoms with Crippen molar-refractivity contribution in [2.75, 3.05) is 39.4 Å². The molecule has 0 bridgehead atoms. The van der Waals surface area contributed by atoms with Crippen LogP contribution < -0.4 is 9.47 Å². The fourth-order valence-electron chi connectivity index (χ4n) is 4.53. The van der Waals surface area contributed by atoms with E-state index in [1.165, 1.54) is 0 Å². The number of benzene rings is 1. The molecule has 0 saturated carbocycles. The van der Waals surface area contributed by atoms with Crippen LogP contribution in [0.4, 0.5) is 0 Å². The zero-order valence-electron chi connectivity index (χ0n) is 22.4.